The molecule has 0 bridgehead atoms. The minimum Gasteiger partial charge on any atom is -0.463 e. The quantitative estimate of drug-likeness (QED) is 0.356. The maximum Gasteiger partial charge on any atom is 0.330 e. The molecule has 0 unspecified atom stereocenters. The van der Waals surface area contributed by atoms with E-state index in [9.17, 15) is 4.79 Å². The Hall–Kier alpha value is -0.790. The number of ether oxygens (including phenoxy) is 1. The van der Waals surface area contributed by atoms with Crippen LogP contribution in [-0.4, -0.2) is 12.6 Å². The number of hydrogen-bond donors (Lipinski definition) is 0. The molecule has 0 rings (SSSR count). The normalized spacial score (nSPS) is 9.64. The van der Waals surface area contributed by atoms with Crippen LogP contribution in [0.15, 0.2) is 11.6 Å². The average molecular weight is 198 g/mol. The summed E-state index contributed by atoms with van der Waals surface area (Å²) in [6.07, 6.45) is 7.46. The lowest BCUT2D eigenvalue weighted by atomic mass is 10.2. The number of esters is 1. The Labute approximate surface area is 87.3 Å². The first-order valence-corrected chi connectivity index (χ1v) is 5.48. The number of rotatable bonds is 7. The average Bonchev–Trinajstić information content (AvgIpc) is 2.10. The molecule has 0 heterocycles. The molecule has 0 aliphatic carbocycles. The number of carbonyl (C=O) groups excluding carboxylic acids is 1. The highest BCUT2D eigenvalue weighted by Crippen LogP contribution is 2.02. The summed E-state index contributed by atoms with van der Waals surface area (Å²) in [5, 5.41) is 0. The Bertz CT molecular complexity index is 179. The molecule has 0 aromatic rings. The van der Waals surface area contributed by atoms with E-state index in [2.05, 4.69) is 6.92 Å². The van der Waals surface area contributed by atoms with Gasteiger partial charge in [0, 0.05) is 6.08 Å². The van der Waals surface area contributed by atoms with E-state index in [1.54, 1.807) is 0 Å². The molecular formula is C12H22O2. The van der Waals surface area contributed by atoms with Crippen LogP contribution in [0.3, 0.4) is 0 Å². The zero-order chi connectivity index (χ0) is 10.8. The van der Waals surface area contributed by atoms with Crippen LogP contribution in [0.1, 0.15) is 52.9 Å². The molecule has 0 aromatic heterocycles. The highest BCUT2D eigenvalue weighted by atomic mass is 16.5. The second kappa shape index (κ2) is 8.79. The third-order valence-corrected chi connectivity index (χ3v) is 1.90. The molecule has 0 aliphatic rings. The minimum absolute atomic E-state index is 0.208. The molecule has 14 heavy (non-hydrogen) atoms. The topological polar surface area (TPSA) is 26.3 Å². The molecule has 0 radical (unpaired) electrons. The van der Waals surface area contributed by atoms with Crippen LogP contribution in [0, 0.1) is 0 Å². The molecule has 2 heteroatoms. The van der Waals surface area contributed by atoms with Crippen molar-refractivity contribution < 1.29 is 9.53 Å². The van der Waals surface area contributed by atoms with Crippen molar-refractivity contribution in [3.05, 3.63) is 11.6 Å². The molecular weight excluding hydrogens is 176 g/mol. The van der Waals surface area contributed by atoms with Crippen molar-refractivity contribution in [2.75, 3.05) is 6.61 Å². The van der Waals surface area contributed by atoms with Gasteiger partial charge in [-0.3, -0.25) is 0 Å². The van der Waals surface area contributed by atoms with Crippen LogP contribution in [-0.2, 0) is 9.53 Å². The Morgan fingerprint density at radius 3 is 2.36 bits per heavy atom. The van der Waals surface area contributed by atoms with Gasteiger partial charge in [0.15, 0.2) is 0 Å². The van der Waals surface area contributed by atoms with Crippen molar-refractivity contribution in [2.24, 2.45) is 0 Å². The lowest BCUT2D eigenvalue weighted by molar-refractivity contribution is -0.137. The van der Waals surface area contributed by atoms with E-state index in [4.69, 9.17) is 4.74 Å². The summed E-state index contributed by atoms with van der Waals surface area (Å²) in [7, 11) is 0. The largest absolute Gasteiger partial charge is 0.463 e. The number of unbranched alkanes of at least 4 members (excludes halogenated alkanes) is 4. The molecule has 82 valence electrons. The summed E-state index contributed by atoms with van der Waals surface area (Å²) in [6, 6.07) is 0. The Kier molecular flexibility index (Phi) is 8.30. The SMILES string of the molecule is CCCCCCCOC(=O)C=C(C)C. The van der Waals surface area contributed by atoms with E-state index in [1.807, 2.05) is 13.8 Å². The van der Waals surface area contributed by atoms with E-state index < -0.39 is 0 Å². The van der Waals surface area contributed by atoms with Crippen LogP contribution in [0.5, 0.6) is 0 Å². The second-order valence-corrected chi connectivity index (χ2v) is 3.80. The highest BCUT2D eigenvalue weighted by molar-refractivity contribution is 5.82. The van der Waals surface area contributed by atoms with Crippen molar-refractivity contribution in [3.8, 4) is 0 Å². The second-order valence-electron chi connectivity index (χ2n) is 3.80. The van der Waals surface area contributed by atoms with E-state index in [-0.39, 0.29) is 5.97 Å². The maximum absolute atomic E-state index is 11.0. The van der Waals surface area contributed by atoms with Crippen LogP contribution in [0.2, 0.25) is 0 Å². The van der Waals surface area contributed by atoms with Crippen LogP contribution >= 0.6 is 0 Å². The smallest absolute Gasteiger partial charge is 0.330 e. The molecule has 0 amide bonds. The molecule has 0 aliphatic heterocycles. The Balaban J connectivity index is 3.28. The maximum atomic E-state index is 11.0. The Morgan fingerprint density at radius 2 is 1.79 bits per heavy atom. The van der Waals surface area contributed by atoms with E-state index in [1.165, 1.54) is 25.3 Å². The molecule has 0 saturated carbocycles. The van der Waals surface area contributed by atoms with Crippen LogP contribution in [0.4, 0.5) is 0 Å². The van der Waals surface area contributed by atoms with Gasteiger partial charge < -0.3 is 4.74 Å². The van der Waals surface area contributed by atoms with Gasteiger partial charge in [0.25, 0.3) is 0 Å². The summed E-state index contributed by atoms with van der Waals surface area (Å²) in [6.45, 7) is 6.53. The predicted octanol–water partition coefficient (Wildman–Crippen LogP) is 3.47. The van der Waals surface area contributed by atoms with Crippen molar-refractivity contribution in [3.63, 3.8) is 0 Å². The summed E-state index contributed by atoms with van der Waals surface area (Å²) < 4.78 is 5.02. The molecule has 0 atom stereocenters. The van der Waals surface area contributed by atoms with Gasteiger partial charge >= 0.3 is 5.97 Å². The molecule has 2 nitrogen and oxygen atoms in total. The van der Waals surface area contributed by atoms with Gasteiger partial charge in [0.1, 0.15) is 0 Å². The van der Waals surface area contributed by atoms with Crippen LogP contribution < -0.4 is 0 Å². The third-order valence-electron chi connectivity index (χ3n) is 1.90. The van der Waals surface area contributed by atoms with Crippen molar-refractivity contribution in [1.82, 2.24) is 0 Å². The fourth-order valence-electron chi connectivity index (χ4n) is 1.16. The summed E-state index contributed by atoms with van der Waals surface area (Å²) in [4.78, 5) is 11.0. The fourth-order valence-corrected chi connectivity index (χ4v) is 1.16. The van der Waals surface area contributed by atoms with Gasteiger partial charge in [-0.2, -0.15) is 0 Å². The first-order chi connectivity index (χ1) is 6.66. The summed E-state index contributed by atoms with van der Waals surface area (Å²) in [5.74, 6) is -0.208. The van der Waals surface area contributed by atoms with Crippen molar-refractivity contribution >= 4 is 5.97 Å². The highest BCUT2D eigenvalue weighted by Gasteiger charge is 1.96. The van der Waals surface area contributed by atoms with Crippen molar-refractivity contribution in [1.29, 1.82) is 0 Å². The van der Waals surface area contributed by atoms with Gasteiger partial charge in [-0.25, -0.2) is 4.79 Å². The van der Waals surface area contributed by atoms with Crippen LogP contribution in [0.25, 0.3) is 0 Å². The number of carbonyl (C=O) groups is 1. The van der Waals surface area contributed by atoms with E-state index in [0.717, 1.165) is 18.4 Å². The van der Waals surface area contributed by atoms with E-state index in [0.29, 0.717) is 6.61 Å². The lowest BCUT2D eigenvalue weighted by Gasteiger charge is -2.01. The van der Waals surface area contributed by atoms with Gasteiger partial charge in [-0.15, -0.1) is 0 Å². The Morgan fingerprint density at radius 1 is 1.14 bits per heavy atom. The lowest BCUT2D eigenvalue weighted by Crippen LogP contribution is -2.02. The van der Waals surface area contributed by atoms with Gasteiger partial charge in [0.2, 0.25) is 0 Å². The third kappa shape index (κ3) is 9.30. The zero-order valence-electron chi connectivity index (χ0n) is 9.64. The zero-order valence-corrected chi connectivity index (χ0v) is 9.64. The van der Waals surface area contributed by atoms with Gasteiger partial charge in [0.05, 0.1) is 6.61 Å². The minimum atomic E-state index is -0.208. The first-order valence-electron chi connectivity index (χ1n) is 5.48. The molecule has 0 N–H and O–H groups in total. The van der Waals surface area contributed by atoms with Gasteiger partial charge in [-0.1, -0.05) is 38.2 Å². The monoisotopic (exact) mass is 198 g/mol. The molecule has 0 fully saturated rings. The fraction of sp³-hybridized carbons (Fsp3) is 0.750. The van der Waals surface area contributed by atoms with Crippen molar-refractivity contribution in [2.45, 2.75) is 52.9 Å². The molecule has 0 spiro atoms. The number of allylic oxidation sites excluding steroid dienone is 1. The molecule has 0 aromatic carbocycles. The summed E-state index contributed by atoms with van der Waals surface area (Å²) >= 11 is 0. The summed E-state index contributed by atoms with van der Waals surface area (Å²) in [5.41, 5.74) is 0.987. The van der Waals surface area contributed by atoms with Gasteiger partial charge in [-0.05, 0) is 20.3 Å². The predicted molar refractivity (Wildman–Crippen MR) is 59.1 cm³/mol. The van der Waals surface area contributed by atoms with E-state index >= 15 is 0 Å². The number of hydrogen-bond acceptors (Lipinski definition) is 2. The molecule has 0 saturated heterocycles. The standard InChI is InChI=1S/C12H22O2/c1-4-5-6-7-8-9-14-12(13)10-11(2)3/h10H,4-9H2,1-3H3. The first kappa shape index (κ1) is 13.2.